The Morgan fingerprint density at radius 1 is 0.941 bits per heavy atom. The number of nitrogens with two attached hydrogens (primary N) is 2. The molecule has 0 aliphatic heterocycles. The number of hydrazine groups is 2. The van der Waals surface area contributed by atoms with E-state index < -0.39 is 10.4 Å². The number of hydrogen-bond donors (Lipinski definition) is 6. The fourth-order valence-corrected chi connectivity index (χ4v) is 0.558. The molecule has 0 radical (unpaired) electrons. The summed E-state index contributed by atoms with van der Waals surface area (Å²) in [7, 11) is -4.67. The zero-order chi connectivity index (χ0) is 14.2. The maximum absolute atomic E-state index is 8.74. The first-order chi connectivity index (χ1) is 7.83. The summed E-state index contributed by atoms with van der Waals surface area (Å²) < 4.78 is 31.6. The SMILES string of the molecule is CCCCNN.CCCCNN.O=S(=O)(O)O. The molecule has 0 amide bonds. The minimum absolute atomic E-state index is 0.941. The van der Waals surface area contributed by atoms with Gasteiger partial charge in [0, 0.05) is 13.1 Å². The molecular weight excluding hydrogens is 248 g/mol. The molecule has 0 saturated heterocycles. The summed E-state index contributed by atoms with van der Waals surface area (Å²) in [6, 6.07) is 0. The third-order valence-corrected chi connectivity index (χ3v) is 1.35. The first kappa shape index (κ1) is 21.9. The standard InChI is InChI=1S/2C4H12N2.H2O4S/c2*1-2-3-4-6-5;1-5(2,3)4/h2*6H,2-5H2,1H3;(H2,1,2,3,4). The van der Waals surface area contributed by atoms with E-state index in [4.69, 9.17) is 29.2 Å². The topological polar surface area (TPSA) is 151 Å². The van der Waals surface area contributed by atoms with Gasteiger partial charge < -0.3 is 0 Å². The third-order valence-electron chi connectivity index (χ3n) is 1.35. The Morgan fingerprint density at radius 3 is 1.24 bits per heavy atom. The highest BCUT2D eigenvalue weighted by atomic mass is 32.3. The highest BCUT2D eigenvalue weighted by molar-refractivity contribution is 7.79. The van der Waals surface area contributed by atoms with Crippen molar-refractivity contribution in [3.8, 4) is 0 Å². The summed E-state index contributed by atoms with van der Waals surface area (Å²) in [5.74, 6) is 9.93. The fourth-order valence-electron chi connectivity index (χ4n) is 0.558. The van der Waals surface area contributed by atoms with Crippen LogP contribution in [0.25, 0.3) is 0 Å². The molecule has 8 nitrogen and oxygen atoms in total. The van der Waals surface area contributed by atoms with Crippen molar-refractivity contribution in [1.82, 2.24) is 10.9 Å². The molecule has 0 rings (SSSR count). The average Bonchev–Trinajstić information content (AvgIpc) is 2.22. The second-order valence-electron chi connectivity index (χ2n) is 3.06. The van der Waals surface area contributed by atoms with E-state index in [0.717, 1.165) is 13.1 Å². The lowest BCUT2D eigenvalue weighted by molar-refractivity contribution is 0.381. The van der Waals surface area contributed by atoms with Crippen LogP contribution in [0.3, 0.4) is 0 Å². The van der Waals surface area contributed by atoms with Crippen LogP contribution in [0, 0.1) is 0 Å². The molecule has 0 atom stereocenters. The summed E-state index contributed by atoms with van der Waals surface area (Å²) >= 11 is 0. The van der Waals surface area contributed by atoms with E-state index in [9.17, 15) is 0 Å². The van der Waals surface area contributed by atoms with Gasteiger partial charge in [-0.15, -0.1) is 0 Å². The van der Waals surface area contributed by atoms with E-state index >= 15 is 0 Å². The molecule has 0 saturated carbocycles. The van der Waals surface area contributed by atoms with Crippen molar-refractivity contribution in [2.24, 2.45) is 11.7 Å². The molecule has 0 fully saturated rings. The Bertz CT molecular complexity index is 188. The van der Waals surface area contributed by atoms with Crippen LogP contribution in [0.4, 0.5) is 0 Å². The van der Waals surface area contributed by atoms with Crippen LogP contribution in [-0.4, -0.2) is 30.6 Å². The van der Waals surface area contributed by atoms with E-state index in [2.05, 4.69) is 24.7 Å². The lowest BCUT2D eigenvalue weighted by Gasteiger charge is -1.89. The molecule has 0 aromatic carbocycles. The van der Waals surface area contributed by atoms with Crippen LogP contribution in [0.5, 0.6) is 0 Å². The first-order valence-corrected chi connectivity index (χ1v) is 6.79. The van der Waals surface area contributed by atoms with Gasteiger partial charge in [0.05, 0.1) is 0 Å². The molecule has 0 aliphatic rings. The van der Waals surface area contributed by atoms with Crippen LogP contribution in [0.15, 0.2) is 0 Å². The van der Waals surface area contributed by atoms with Gasteiger partial charge in [-0.2, -0.15) is 8.42 Å². The average molecular weight is 274 g/mol. The van der Waals surface area contributed by atoms with E-state index in [1.807, 2.05) is 0 Å². The maximum Gasteiger partial charge on any atom is 0.394 e. The molecule has 0 aromatic rings. The van der Waals surface area contributed by atoms with Crippen molar-refractivity contribution >= 4 is 10.4 Å². The second kappa shape index (κ2) is 18.1. The predicted octanol–water partition coefficient (Wildman–Crippen LogP) is -0.153. The molecule has 0 aromatic heterocycles. The van der Waals surface area contributed by atoms with Crippen LogP contribution in [0.2, 0.25) is 0 Å². The van der Waals surface area contributed by atoms with E-state index in [1.54, 1.807) is 0 Å². The van der Waals surface area contributed by atoms with Gasteiger partial charge >= 0.3 is 10.4 Å². The zero-order valence-corrected chi connectivity index (χ0v) is 11.3. The number of unbranched alkanes of at least 4 members (excludes halogenated alkanes) is 2. The minimum Gasteiger partial charge on any atom is -0.271 e. The van der Waals surface area contributed by atoms with Crippen LogP contribution in [-0.2, 0) is 10.4 Å². The summed E-state index contributed by atoms with van der Waals surface area (Å²) in [6.07, 6.45) is 4.78. The summed E-state index contributed by atoms with van der Waals surface area (Å²) in [4.78, 5) is 0. The van der Waals surface area contributed by atoms with Crippen LogP contribution < -0.4 is 22.5 Å². The van der Waals surface area contributed by atoms with Gasteiger partial charge in [-0.05, 0) is 12.8 Å². The minimum atomic E-state index is -4.67. The van der Waals surface area contributed by atoms with Crippen molar-refractivity contribution in [2.45, 2.75) is 39.5 Å². The molecular formula is C8H26N4O4S. The van der Waals surface area contributed by atoms with Crippen LogP contribution in [0.1, 0.15) is 39.5 Å². The molecule has 0 heterocycles. The van der Waals surface area contributed by atoms with Gasteiger partial charge in [-0.3, -0.25) is 31.6 Å². The highest BCUT2D eigenvalue weighted by Crippen LogP contribution is 1.79. The lowest BCUT2D eigenvalue weighted by Crippen LogP contribution is -2.22. The number of rotatable bonds is 6. The van der Waals surface area contributed by atoms with Gasteiger partial charge in [-0.25, -0.2) is 0 Å². The molecule has 9 heteroatoms. The van der Waals surface area contributed by atoms with Crippen molar-refractivity contribution in [2.75, 3.05) is 13.1 Å². The lowest BCUT2D eigenvalue weighted by atomic mass is 10.3. The summed E-state index contributed by atoms with van der Waals surface area (Å²) in [5, 5.41) is 0. The quantitative estimate of drug-likeness (QED) is 0.169. The highest BCUT2D eigenvalue weighted by Gasteiger charge is 1.84. The van der Waals surface area contributed by atoms with E-state index in [1.165, 1.54) is 25.7 Å². The zero-order valence-electron chi connectivity index (χ0n) is 10.5. The molecule has 0 aliphatic carbocycles. The molecule has 17 heavy (non-hydrogen) atoms. The normalized spacial score (nSPS) is 9.76. The summed E-state index contributed by atoms with van der Waals surface area (Å²) in [5.41, 5.74) is 5.14. The number of hydrogen-bond acceptors (Lipinski definition) is 6. The van der Waals surface area contributed by atoms with Gasteiger partial charge in [0.25, 0.3) is 0 Å². The molecule has 108 valence electrons. The predicted molar refractivity (Wildman–Crippen MR) is 68.4 cm³/mol. The Balaban J connectivity index is -0.000000174. The molecule has 0 spiro atoms. The fraction of sp³-hybridized carbons (Fsp3) is 1.00. The Labute approximate surface area is 104 Å². The Kier molecular flexibility index (Phi) is 23.3. The van der Waals surface area contributed by atoms with Gasteiger partial charge in [0.1, 0.15) is 0 Å². The first-order valence-electron chi connectivity index (χ1n) is 5.40. The Morgan fingerprint density at radius 2 is 1.18 bits per heavy atom. The maximum atomic E-state index is 8.74. The van der Waals surface area contributed by atoms with Crippen molar-refractivity contribution in [3.63, 3.8) is 0 Å². The van der Waals surface area contributed by atoms with E-state index in [0.29, 0.717) is 0 Å². The smallest absolute Gasteiger partial charge is 0.271 e. The van der Waals surface area contributed by atoms with E-state index in [-0.39, 0.29) is 0 Å². The van der Waals surface area contributed by atoms with Gasteiger partial charge in [-0.1, -0.05) is 26.7 Å². The third kappa shape index (κ3) is 90.6. The van der Waals surface area contributed by atoms with Gasteiger partial charge in [0.2, 0.25) is 0 Å². The molecule has 8 N–H and O–H groups in total. The Hall–Kier alpha value is -0.290. The van der Waals surface area contributed by atoms with Crippen LogP contribution >= 0.6 is 0 Å². The number of nitrogens with one attached hydrogen (secondary N) is 2. The molecule has 0 unspecified atom stereocenters. The molecule has 0 bridgehead atoms. The summed E-state index contributed by atoms with van der Waals surface area (Å²) in [6.45, 7) is 6.15. The largest absolute Gasteiger partial charge is 0.394 e. The van der Waals surface area contributed by atoms with Crippen molar-refractivity contribution in [3.05, 3.63) is 0 Å². The second-order valence-corrected chi connectivity index (χ2v) is 3.96. The van der Waals surface area contributed by atoms with Gasteiger partial charge in [0.15, 0.2) is 0 Å². The monoisotopic (exact) mass is 274 g/mol. The van der Waals surface area contributed by atoms with Crippen molar-refractivity contribution in [1.29, 1.82) is 0 Å². The van der Waals surface area contributed by atoms with Crippen molar-refractivity contribution < 1.29 is 17.5 Å².